The Labute approximate surface area is 184 Å². The van der Waals surface area contributed by atoms with E-state index in [0.717, 1.165) is 0 Å². The fourth-order valence-electron chi connectivity index (χ4n) is 2.34. The van der Waals surface area contributed by atoms with Crippen molar-refractivity contribution in [3.63, 3.8) is 0 Å². The molecule has 0 aromatic heterocycles. The molecule has 15 nitrogen and oxygen atoms in total. The van der Waals surface area contributed by atoms with Crippen LogP contribution in [0.3, 0.4) is 0 Å². The van der Waals surface area contributed by atoms with Crippen molar-refractivity contribution in [3.05, 3.63) is 0 Å². The molecule has 182 valence electrons. The van der Waals surface area contributed by atoms with Crippen molar-refractivity contribution in [2.24, 2.45) is 27.9 Å². The van der Waals surface area contributed by atoms with Gasteiger partial charge in [0, 0.05) is 13.0 Å². The number of amides is 4. The maximum absolute atomic E-state index is 12.3. The molecule has 0 aliphatic carbocycles. The van der Waals surface area contributed by atoms with Crippen LogP contribution >= 0.6 is 0 Å². The van der Waals surface area contributed by atoms with Crippen LogP contribution in [0, 0.1) is 0 Å². The highest BCUT2D eigenvalue weighted by Crippen LogP contribution is 2.00. The van der Waals surface area contributed by atoms with Gasteiger partial charge in [-0.15, -0.1) is 0 Å². The number of carboxylic acid groups (broad SMARTS) is 1. The summed E-state index contributed by atoms with van der Waals surface area (Å²) in [5.74, 6) is -4.58. The number of hydrogen-bond donors (Lipinski definition) is 9. The molecule has 4 atom stereocenters. The summed E-state index contributed by atoms with van der Waals surface area (Å²) in [6.45, 7) is 0.672. The van der Waals surface area contributed by atoms with Crippen molar-refractivity contribution in [3.8, 4) is 0 Å². The lowest BCUT2D eigenvalue weighted by Crippen LogP contribution is -2.57. The molecule has 0 fully saturated rings. The third-order valence-electron chi connectivity index (χ3n) is 4.17. The van der Waals surface area contributed by atoms with Crippen molar-refractivity contribution in [1.82, 2.24) is 16.0 Å². The minimum atomic E-state index is -1.42. The predicted molar refractivity (Wildman–Crippen MR) is 113 cm³/mol. The molecule has 32 heavy (non-hydrogen) atoms. The molecule has 0 saturated carbocycles. The summed E-state index contributed by atoms with van der Waals surface area (Å²) in [6, 6.07) is -4.99. The smallest absolute Gasteiger partial charge is 0.326 e. The topological polar surface area (TPSA) is 278 Å². The minimum absolute atomic E-state index is 0.0387. The number of nitrogens with one attached hydrogen (secondary N) is 3. The molecule has 13 N–H and O–H groups in total. The molecule has 0 spiro atoms. The van der Waals surface area contributed by atoms with Crippen LogP contribution in [0.5, 0.6) is 0 Å². The fourth-order valence-corrected chi connectivity index (χ4v) is 2.34. The van der Waals surface area contributed by atoms with Gasteiger partial charge >= 0.3 is 5.97 Å². The van der Waals surface area contributed by atoms with E-state index in [1.807, 2.05) is 0 Å². The zero-order valence-corrected chi connectivity index (χ0v) is 17.7. The first-order valence-electron chi connectivity index (χ1n) is 9.73. The number of aliphatic hydroxyl groups is 1. The zero-order valence-electron chi connectivity index (χ0n) is 17.7. The highest BCUT2D eigenvalue weighted by atomic mass is 16.4. The summed E-state index contributed by atoms with van der Waals surface area (Å²) in [4.78, 5) is 62.3. The van der Waals surface area contributed by atoms with Crippen LogP contribution in [0.25, 0.3) is 0 Å². The van der Waals surface area contributed by atoms with E-state index >= 15 is 0 Å². The predicted octanol–water partition coefficient (Wildman–Crippen LogP) is -4.82. The Bertz CT molecular complexity index is 711. The standard InChI is InChI=1S/C17H32N8O7/c1-8(13(28)24-10(16(31)32)3-2-6-22-17(20)21)23-15(30)11(7-26)25-14(29)9(18)4-5-12(19)27/h8-11,26H,2-7,18H2,1H3,(H2,19,27)(H,23,30)(H,24,28)(H,25,29)(H,31,32)(H4,20,21,22). The summed E-state index contributed by atoms with van der Waals surface area (Å²) in [6.07, 6.45) is 0.125. The molecule has 0 heterocycles. The SMILES string of the molecule is CC(NC(=O)C(CO)NC(=O)C(N)CCC(N)=O)C(=O)NC(CCCN=C(N)N)C(=O)O. The molecule has 4 unspecified atom stereocenters. The van der Waals surface area contributed by atoms with E-state index in [1.54, 1.807) is 0 Å². The zero-order chi connectivity index (χ0) is 24.8. The van der Waals surface area contributed by atoms with Gasteiger partial charge < -0.3 is 49.1 Å². The van der Waals surface area contributed by atoms with Gasteiger partial charge in [0.05, 0.1) is 12.6 Å². The first-order valence-corrected chi connectivity index (χ1v) is 9.73. The number of carboxylic acids is 1. The molecule has 0 aromatic carbocycles. The van der Waals surface area contributed by atoms with E-state index < -0.39 is 60.4 Å². The van der Waals surface area contributed by atoms with Crippen LogP contribution in [0.15, 0.2) is 4.99 Å². The van der Waals surface area contributed by atoms with Crippen LogP contribution in [0.2, 0.25) is 0 Å². The summed E-state index contributed by atoms with van der Waals surface area (Å²) >= 11 is 0. The third kappa shape index (κ3) is 11.7. The first-order chi connectivity index (χ1) is 14.9. The second-order valence-corrected chi connectivity index (χ2v) is 6.93. The van der Waals surface area contributed by atoms with E-state index in [2.05, 4.69) is 20.9 Å². The number of aliphatic imine (C=N–C) groups is 1. The number of nitrogens with zero attached hydrogens (tertiary/aromatic N) is 1. The number of primary amides is 1. The number of carbonyl (C=O) groups is 5. The molecule has 0 aromatic rings. The molecule has 0 aliphatic rings. The highest BCUT2D eigenvalue weighted by molar-refractivity contribution is 5.94. The third-order valence-corrected chi connectivity index (χ3v) is 4.17. The molecule has 0 bridgehead atoms. The van der Waals surface area contributed by atoms with E-state index in [1.165, 1.54) is 6.92 Å². The van der Waals surface area contributed by atoms with Gasteiger partial charge in [0.2, 0.25) is 23.6 Å². The highest BCUT2D eigenvalue weighted by Gasteiger charge is 2.27. The minimum Gasteiger partial charge on any atom is -0.480 e. The molecular formula is C17H32N8O7. The summed E-state index contributed by atoms with van der Waals surface area (Å²) in [5, 5.41) is 25.4. The summed E-state index contributed by atoms with van der Waals surface area (Å²) in [5.41, 5.74) is 20.9. The largest absolute Gasteiger partial charge is 0.480 e. The molecule has 0 aliphatic heterocycles. The molecular weight excluding hydrogens is 428 g/mol. The number of nitrogens with two attached hydrogens (primary N) is 4. The van der Waals surface area contributed by atoms with Crippen molar-refractivity contribution in [2.45, 2.75) is 56.8 Å². The molecule has 0 saturated heterocycles. The first kappa shape index (κ1) is 28.5. The molecule has 0 radical (unpaired) electrons. The fraction of sp³-hybridized carbons (Fsp3) is 0.647. The van der Waals surface area contributed by atoms with Gasteiger partial charge in [0.25, 0.3) is 0 Å². The van der Waals surface area contributed by atoms with E-state index in [4.69, 9.17) is 22.9 Å². The Balaban J connectivity index is 4.77. The number of guanidine groups is 1. The number of aliphatic carboxylic acids is 1. The summed E-state index contributed by atoms with van der Waals surface area (Å²) in [7, 11) is 0. The Hall–Kier alpha value is -3.46. The van der Waals surface area contributed by atoms with Crippen molar-refractivity contribution in [1.29, 1.82) is 0 Å². The Kier molecular flexibility index (Phi) is 13.0. The van der Waals surface area contributed by atoms with Gasteiger partial charge in [-0.1, -0.05) is 0 Å². The van der Waals surface area contributed by atoms with Gasteiger partial charge in [-0.2, -0.15) is 0 Å². The van der Waals surface area contributed by atoms with Crippen molar-refractivity contribution >= 4 is 35.6 Å². The van der Waals surface area contributed by atoms with Crippen molar-refractivity contribution in [2.75, 3.05) is 13.2 Å². The van der Waals surface area contributed by atoms with Crippen LogP contribution in [-0.4, -0.2) is 83.1 Å². The quantitative estimate of drug-likeness (QED) is 0.0638. The van der Waals surface area contributed by atoms with Gasteiger partial charge in [-0.25, -0.2) is 4.79 Å². The Morgan fingerprint density at radius 1 is 0.906 bits per heavy atom. The normalized spacial score (nSPS) is 14.2. The van der Waals surface area contributed by atoms with Crippen LogP contribution in [0.4, 0.5) is 0 Å². The molecule has 0 rings (SSSR count). The van der Waals surface area contributed by atoms with Crippen LogP contribution < -0.4 is 38.9 Å². The molecule has 4 amide bonds. The van der Waals surface area contributed by atoms with Gasteiger partial charge in [0.1, 0.15) is 18.1 Å². The monoisotopic (exact) mass is 460 g/mol. The lowest BCUT2D eigenvalue weighted by atomic mass is 10.1. The second-order valence-electron chi connectivity index (χ2n) is 6.93. The van der Waals surface area contributed by atoms with Gasteiger partial charge in [-0.05, 0) is 26.2 Å². The second kappa shape index (κ2) is 14.5. The Morgan fingerprint density at radius 3 is 2.00 bits per heavy atom. The van der Waals surface area contributed by atoms with Gasteiger partial charge in [-0.3, -0.25) is 24.2 Å². The number of aliphatic hydroxyl groups excluding tert-OH is 1. The maximum Gasteiger partial charge on any atom is 0.326 e. The maximum atomic E-state index is 12.3. The van der Waals surface area contributed by atoms with E-state index in [0.29, 0.717) is 0 Å². The average Bonchev–Trinajstić information content (AvgIpc) is 2.71. The van der Waals surface area contributed by atoms with E-state index in [9.17, 15) is 34.2 Å². The Morgan fingerprint density at radius 2 is 1.50 bits per heavy atom. The average molecular weight is 460 g/mol. The number of carbonyl (C=O) groups excluding carboxylic acids is 4. The van der Waals surface area contributed by atoms with Crippen LogP contribution in [0.1, 0.15) is 32.6 Å². The number of hydrogen-bond acceptors (Lipinski definition) is 8. The summed E-state index contributed by atoms with van der Waals surface area (Å²) < 4.78 is 0. The number of rotatable bonds is 15. The molecule has 15 heteroatoms. The van der Waals surface area contributed by atoms with Crippen molar-refractivity contribution < 1.29 is 34.2 Å². The lowest BCUT2D eigenvalue weighted by Gasteiger charge is -2.22. The van der Waals surface area contributed by atoms with Crippen LogP contribution in [-0.2, 0) is 24.0 Å². The lowest BCUT2D eigenvalue weighted by molar-refractivity contribution is -0.142. The van der Waals surface area contributed by atoms with Gasteiger partial charge in [0.15, 0.2) is 5.96 Å². The van der Waals surface area contributed by atoms with E-state index in [-0.39, 0.29) is 38.2 Å².